The molecular formula is C18H21NSe. The molecule has 2 aromatic carbocycles. The van der Waals surface area contributed by atoms with Crippen LogP contribution in [0.3, 0.4) is 0 Å². The van der Waals surface area contributed by atoms with Crippen molar-refractivity contribution in [3.05, 3.63) is 59.7 Å². The van der Waals surface area contributed by atoms with Crippen LogP contribution in [0.2, 0.25) is 0 Å². The van der Waals surface area contributed by atoms with Crippen LogP contribution in [0, 0.1) is 0 Å². The fourth-order valence-electron chi connectivity index (χ4n) is 2.93. The van der Waals surface area contributed by atoms with Gasteiger partial charge in [0.25, 0.3) is 0 Å². The van der Waals surface area contributed by atoms with Gasteiger partial charge in [-0.25, -0.2) is 0 Å². The van der Waals surface area contributed by atoms with E-state index in [9.17, 15) is 0 Å². The molecule has 2 heteroatoms. The van der Waals surface area contributed by atoms with Gasteiger partial charge in [0.15, 0.2) is 0 Å². The van der Waals surface area contributed by atoms with E-state index in [4.69, 9.17) is 0 Å². The fraction of sp³-hybridized carbons (Fsp3) is 0.333. The minimum atomic E-state index is 0.477. The second kappa shape index (κ2) is 6.13. The molecule has 0 bridgehead atoms. The zero-order valence-electron chi connectivity index (χ0n) is 12.2. The van der Waals surface area contributed by atoms with Gasteiger partial charge in [-0.2, -0.15) is 0 Å². The van der Waals surface area contributed by atoms with Crippen LogP contribution in [-0.4, -0.2) is 40.5 Å². The van der Waals surface area contributed by atoms with Gasteiger partial charge in [-0.1, -0.05) is 0 Å². The standard InChI is InChI=1S/C18H21NSe/c1-19(2)13-7-10-14-15-8-3-5-11-17(15)20-18-12-6-4-9-16(14)18/h3-6,8-9,11-12,14H,7,10,13H2,1-2H3. The van der Waals surface area contributed by atoms with Crippen LogP contribution in [-0.2, 0) is 0 Å². The van der Waals surface area contributed by atoms with E-state index in [1.165, 1.54) is 19.4 Å². The monoisotopic (exact) mass is 331 g/mol. The molecule has 1 heterocycles. The first kappa shape index (κ1) is 13.9. The molecule has 0 radical (unpaired) electrons. The molecule has 20 heavy (non-hydrogen) atoms. The summed E-state index contributed by atoms with van der Waals surface area (Å²) in [6, 6.07) is 18.1. The van der Waals surface area contributed by atoms with E-state index in [0.717, 1.165) is 0 Å². The second-order valence-electron chi connectivity index (χ2n) is 5.68. The summed E-state index contributed by atoms with van der Waals surface area (Å²) in [5.74, 6) is 0.595. The molecule has 0 saturated carbocycles. The number of nitrogens with zero attached hydrogens (tertiary/aromatic N) is 1. The van der Waals surface area contributed by atoms with Crippen LogP contribution in [0.25, 0.3) is 0 Å². The molecule has 0 amide bonds. The van der Waals surface area contributed by atoms with Crippen molar-refractivity contribution in [2.75, 3.05) is 20.6 Å². The van der Waals surface area contributed by atoms with E-state index in [1.54, 1.807) is 20.1 Å². The Labute approximate surface area is 128 Å². The number of benzene rings is 2. The molecule has 0 aromatic heterocycles. The van der Waals surface area contributed by atoms with Crippen molar-refractivity contribution in [1.29, 1.82) is 0 Å². The molecule has 0 spiro atoms. The van der Waals surface area contributed by atoms with Gasteiger partial charge in [0, 0.05) is 0 Å². The predicted molar refractivity (Wildman–Crippen MR) is 87.5 cm³/mol. The summed E-state index contributed by atoms with van der Waals surface area (Å²) >= 11 is 0.477. The maximum atomic E-state index is 2.34. The number of hydrogen-bond donors (Lipinski definition) is 0. The van der Waals surface area contributed by atoms with Crippen LogP contribution in [0.1, 0.15) is 29.9 Å². The van der Waals surface area contributed by atoms with Gasteiger partial charge in [0.1, 0.15) is 0 Å². The van der Waals surface area contributed by atoms with Crippen LogP contribution in [0.5, 0.6) is 0 Å². The van der Waals surface area contributed by atoms with Crippen molar-refractivity contribution in [3.63, 3.8) is 0 Å². The molecule has 3 rings (SSSR count). The van der Waals surface area contributed by atoms with Crippen molar-refractivity contribution < 1.29 is 0 Å². The Hall–Kier alpha value is -1.08. The number of hydrogen-bond acceptors (Lipinski definition) is 1. The molecular weight excluding hydrogens is 309 g/mol. The minimum absolute atomic E-state index is 0.477. The van der Waals surface area contributed by atoms with Gasteiger partial charge in [0.2, 0.25) is 0 Å². The zero-order valence-corrected chi connectivity index (χ0v) is 13.9. The first-order valence-electron chi connectivity index (χ1n) is 7.26. The summed E-state index contributed by atoms with van der Waals surface area (Å²) in [5.41, 5.74) is 3.15. The quantitative estimate of drug-likeness (QED) is 0.777. The van der Waals surface area contributed by atoms with Crippen molar-refractivity contribution in [2.24, 2.45) is 0 Å². The molecule has 1 aliphatic heterocycles. The molecule has 0 aliphatic carbocycles. The van der Waals surface area contributed by atoms with E-state index < -0.39 is 0 Å². The topological polar surface area (TPSA) is 3.24 Å². The molecule has 0 N–H and O–H groups in total. The van der Waals surface area contributed by atoms with Gasteiger partial charge >= 0.3 is 128 Å². The third-order valence-electron chi connectivity index (χ3n) is 3.91. The number of rotatable bonds is 4. The molecule has 1 aliphatic rings. The third kappa shape index (κ3) is 2.83. The van der Waals surface area contributed by atoms with Crippen molar-refractivity contribution in [1.82, 2.24) is 4.90 Å². The summed E-state index contributed by atoms with van der Waals surface area (Å²) < 4.78 is 3.15. The SMILES string of the molecule is CN(C)CCCC1c2ccccc2[Se]c2ccccc21. The summed E-state index contributed by atoms with van der Waals surface area (Å²) in [6.45, 7) is 1.17. The van der Waals surface area contributed by atoms with Gasteiger partial charge in [-0.15, -0.1) is 0 Å². The van der Waals surface area contributed by atoms with Gasteiger partial charge < -0.3 is 0 Å². The molecule has 1 nitrogen and oxygen atoms in total. The first-order valence-corrected chi connectivity index (χ1v) is 8.97. The second-order valence-corrected chi connectivity index (χ2v) is 7.95. The van der Waals surface area contributed by atoms with E-state index in [2.05, 4.69) is 67.5 Å². The third-order valence-corrected chi connectivity index (χ3v) is 6.39. The molecule has 2 aromatic rings. The normalized spacial score (nSPS) is 14.2. The Morgan fingerprint density at radius 1 is 0.900 bits per heavy atom. The van der Waals surface area contributed by atoms with Crippen LogP contribution < -0.4 is 8.92 Å². The van der Waals surface area contributed by atoms with Crippen LogP contribution in [0.4, 0.5) is 0 Å². The average molecular weight is 330 g/mol. The maximum absolute atomic E-state index is 2.34. The Morgan fingerprint density at radius 2 is 1.45 bits per heavy atom. The molecule has 0 atom stereocenters. The number of fused-ring (bicyclic) bond motifs is 2. The van der Waals surface area contributed by atoms with E-state index in [-0.39, 0.29) is 0 Å². The van der Waals surface area contributed by atoms with Crippen LogP contribution >= 0.6 is 0 Å². The van der Waals surface area contributed by atoms with Gasteiger partial charge in [-0.05, 0) is 0 Å². The van der Waals surface area contributed by atoms with E-state index in [0.29, 0.717) is 20.9 Å². The molecule has 0 fully saturated rings. The Balaban J connectivity index is 1.91. The predicted octanol–water partition coefficient (Wildman–Crippen LogP) is 2.13. The van der Waals surface area contributed by atoms with E-state index in [1.807, 2.05) is 0 Å². The Bertz CT molecular complexity index is 546. The Kier molecular flexibility index (Phi) is 4.26. The average Bonchev–Trinajstić information content (AvgIpc) is 2.46. The summed E-state index contributed by atoms with van der Waals surface area (Å²) in [4.78, 5) is 2.28. The molecule has 0 saturated heterocycles. The van der Waals surface area contributed by atoms with Gasteiger partial charge in [-0.3, -0.25) is 0 Å². The zero-order chi connectivity index (χ0) is 13.9. The summed E-state index contributed by atoms with van der Waals surface area (Å²) in [6.07, 6.45) is 2.51. The first-order chi connectivity index (χ1) is 9.75. The van der Waals surface area contributed by atoms with Crippen molar-refractivity contribution >= 4 is 23.9 Å². The van der Waals surface area contributed by atoms with Crippen LogP contribution in [0.15, 0.2) is 48.5 Å². The molecule has 0 unspecified atom stereocenters. The summed E-state index contributed by atoms with van der Waals surface area (Å²) in [5, 5.41) is 0. The fourth-order valence-corrected chi connectivity index (χ4v) is 5.42. The molecule has 104 valence electrons. The Morgan fingerprint density at radius 3 is 2.00 bits per heavy atom. The van der Waals surface area contributed by atoms with E-state index >= 15 is 0 Å². The van der Waals surface area contributed by atoms with Crippen molar-refractivity contribution in [3.8, 4) is 0 Å². The summed E-state index contributed by atoms with van der Waals surface area (Å²) in [7, 11) is 4.32. The van der Waals surface area contributed by atoms with Gasteiger partial charge in [0.05, 0.1) is 0 Å². The van der Waals surface area contributed by atoms with Crippen molar-refractivity contribution in [2.45, 2.75) is 18.8 Å².